The van der Waals surface area contributed by atoms with Crippen LogP contribution in [0.1, 0.15) is 18.3 Å². The zero-order valence-electron chi connectivity index (χ0n) is 11.2. The summed E-state index contributed by atoms with van der Waals surface area (Å²) in [6, 6.07) is 6.58. The fourth-order valence-corrected chi connectivity index (χ4v) is 1.65. The molecule has 0 aromatic carbocycles. The minimum atomic E-state index is -0.818. The number of furan rings is 1. The Bertz CT molecular complexity index is 584. The molecule has 7 heteroatoms. The van der Waals surface area contributed by atoms with Gasteiger partial charge in [-0.05, 0) is 30.7 Å². The van der Waals surface area contributed by atoms with Gasteiger partial charge in [0.1, 0.15) is 11.9 Å². The van der Waals surface area contributed by atoms with Crippen molar-refractivity contribution in [3.05, 3.63) is 48.7 Å². The maximum absolute atomic E-state index is 11.6. The van der Waals surface area contributed by atoms with E-state index in [0.717, 1.165) is 0 Å². The van der Waals surface area contributed by atoms with Crippen molar-refractivity contribution < 1.29 is 19.1 Å². The fourth-order valence-electron chi connectivity index (χ4n) is 1.65. The molecule has 3 N–H and O–H groups in total. The molecule has 0 aliphatic heterocycles. The molecule has 2 aromatic rings. The highest BCUT2D eigenvalue weighted by molar-refractivity contribution is 6.39. The molecule has 7 nitrogen and oxygen atoms in total. The molecule has 0 spiro atoms. The Hall–Kier alpha value is -2.67. The molecular formula is C14H15N3O4. The highest BCUT2D eigenvalue weighted by atomic mass is 16.4. The highest BCUT2D eigenvalue weighted by Gasteiger charge is 2.15. The zero-order valence-corrected chi connectivity index (χ0v) is 11.2. The molecular weight excluding hydrogens is 274 g/mol. The number of hydrogen-bond acceptors (Lipinski definition) is 5. The monoisotopic (exact) mass is 289 g/mol. The molecule has 2 amide bonds. The van der Waals surface area contributed by atoms with E-state index in [0.29, 0.717) is 11.4 Å². The summed E-state index contributed by atoms with van der Waals surface area (Å²) in [7, 11) is 0. The van der Waals surface area contributed by atoms with Gasteiger partial charge in [0.05, 0.1) is 18.1 Å². The van der Waals surface area contributed by atoms with Gasteiger partial charge in [0.25, 0.3) is 0 Å². The van der Waals surface area contributed by atoms with E-state index >= 15 is 0 Å². The standard InChI is InChI=1S/C14H15N3O4/c18-11(12-4-2-8-21-12)5-7-16-13(19)14(20)17-10-3-1-6-15-9-10/h1-4,6,8-9,11,18H,5,7H2,(H,16,19)(H,17,20)/t11-/m0/s1. The molecule has 0 saturated carbocycles. The normalized spacial score (nSPS) is 11.7. The number of hydrogen-bond donors (Lipinski definition) is 3. The summed E-state index contributed by atoms with van der Waals surface area (Å²) in [6.07, 6.45) is 3.89. The lowest BCUT2D eigenvalue weighted by molar-refractivity contribution is -0.136. The van der Waals surface area contributed by atoms with Crippen LogP contribution in [-0.4, -0.2) is 28.4 Å². The lowest BCUT2D eigenvalue weighted by Crippen LogP contribution is -2.36. The quantitative estimate of drug-likeness (QED) is 0.708. The van der Waals surface area contributed by atoms with Crippen molar-refractivity contribution in [2.75, 3.05) is 11.9 Å². The van der Waals surface area contributed by atoms with Crippen LogP contribution >= 0.6 is 0 Å². The van der Waals surface area contributed by atoms with Crippen LogP contribution in [-0.2, 0) is 9.59 Å². The lowest BCUT2D eigenvalue weighted by atomic mass is 10.2. The molecule has 110 valence electrons. The van der Waals surface area contributed by atoms with Gasteiger partial charge in [0.2, 0.25) is 0 Å². The summed E-state index contributed by atoms with van der Waals surface area (Å²) < 4.78 is 5.03. The Labute approximate surface area is 121 Å². The molecule has 1 atom stereocenters. The first-order valence-electron chi connectivity index (χ1n) is 6.37. The van der Waals surface area contributed by atoms with Crippen molar-refractivity contribution >= 4 is 17.5 Å². The minimum absolute atomic E-state index is 0.154. The summed E-state index contributed by atoms with van der Waals surface area (Å²) in [6.45, 7) is 0.154. The number of aliphatic hydroxyl groups excluding tert-OH is 1. The van der Waals surface area contributed by atoms with Crippen molar-refractivity contribution in [1.82, 2.24) is 10.3 Å². The molecule has 0 bridgehead atoms. The molecule has 0 unspecified atom stereocenters. The van der Waals surface area contributed by atoms with E-state index in [9.17, 15) is 14.7 Å². The Morgan fingerprint density at radius 2 is 2.14 bits per heavy atom. The van der Waals surface area contributed by atoms with Gasteiger partial charge >= 0.3 is 11.8 Å². The molecule has 2 rings (SSSR count). The number of aliphatic hydroxyl groups is 1. The van der Waals surface area contributed by atoms with Crippen LogP contribution in [0.25, 0.3) is 0 Å². The van der Waals surface area contributed by atoms with Gasteiger partial charge in [-0.15, -0.1) is 0 Å². The second-order valence-electron chi connectivity index (χ2n) is 4.27. The average Bonchev–Trinajstić information content (AvgIpc) is 3.02. The molecule has 21 heavy (non-hydrogen) atoms. The van der Waals surface area contributed by atoms with E-state index in [4.69, 9.17) is 4.42 Å². The van der Waals surface area contributed by atoms with E-state index in [1.807, 2.05) is 0 Å². The Balaban J connectivity index is 1.73. The third-order valence-corrected chi connectivity index (χ3v) is 2.70. The van der Waals surface area contributed by atoms with E-state index < -0.39 is 17.9 Å². The first-order chi connectivity index (χ1) is 10.2. The molecule has 0 aliphatic rings. The molecule has 0 saturated heterocycles. The SMILES string of the molecule is O=C(NCC[C@H](O)c1ccco1)C(=O)Nc1cccnc1. The number of nitrogens with zero attached hydrogens (tertiary/aromatic N) is 1. The van der Waals surface area contributed by atoms with Gasteiger partial charge in [-0.25, -0.2) is 0 Å². The Kier molecular flexibility index (Phi) is 5.05. The maximum atomic E-state index is 11.6. The average molecular weight is 289 g/mol. The van der Waals surface area contributed by atoms with Gasteiger partial charge in [-0.1, -0.05) is 0 Å². The Morgan fingerprint density at radius 1 is 1.29 bits per heavy atom. The predicted molar refractivity (Wildman–Crippen MR) is 74.2 cm³/mol. The van der Waals surface area contributed by atoms with E-state index in [-0.39, 0.29) is 13.0 Å². The van der Waals surface area contributed by atoms with Crippen LogP contribution in [0.4, 0.5) is 5.69 Å². The molecule has 2 heterocycles. The third kappa shape index (κ3) is 4.43. The second kappa shape index (κ2) is 7.20. The zero-order chi connectivity index (χ0) is 15.1. The number of anilines is 1. The number of amides is 2. The van der Waals surface area contributed by atoms with Crippen LogP contribution in [0.3, 0.4) is 0 Å². The van der Waals surface area contributed by atoms with Gasteiger partial charge < -0.3 is 20.2 Å². The first kappa shape index (κ1) is 14.7. The number of nitrogens with one attached hydrogen (secondary N) is 2. The fraction of sp³-hybridized carbons (Fsp3) is 0.214. The van der Waals surface area contributed by atoms with Crippen molar-refractivity contribution in [2.45, 2.75) is 12.5 Å². The molecule has 0 aliphatic carbocycles. The van der Waals surface area contributed by atoms with Crippen molar-refractivity contribution in [1.29, 1.82) is 0 Å². The first-order valence-corrected chi connectivity index (χ1v) is 6.37. The van der Waals surface area contributed by atoms with Crippen LogP contribution in [0.5, 0.6) is 0 Å². The van der Waals surface area contributed by atoms with E-state index in [1.165, 1.54) is 12.5 Å². The summed E-state index contributed by atoms with van der Waals surface area (Å²) in [5.74, 6) is -1.13. The summed E-state index contributed by atoms with van der Waals surface area (Å²) in [5.41, 5.74) is 0.438. The van der Waals surface area contributed by atoms with Gasteiger partial charge in [-0.3, -0.25) is 14.6 Å². The molecule has 2 aromatic heterocycles. The predicted octanol–water partition coefficient (Wildman–Crippen LogP) is 0.853. The van der Waals surface area contributed by atoms with Crippen LogP contribution < -0.4 is 10.6 Å². The summed E-state index contributed by atoms with van der Waals surface area (Å²) in [4.78, 5) is 27.0. The largest absolute Gasteiger partial charge is 0.467 e. The lowest BCUT2D eigenvalue weighted by Gasteiger charge is -2.09. The minimum Gasteiger partial charge on any atom is -0.467 e. The second-order valence-corrected chi connectivity index (χ2v) is 4.27. The Morgan fingerprint density at radius 3 is 2.81 bits per heavy atom. The van der Waals surface area contributed by atoms with Crippen molar-refractivity contribution in [3.63, 3.8) is 0 Å². The number of carbonyl (C=O) groups excluding carboxylic acids is 2. The number of rotatable bonds is 5. The number of pyridine rings is 1. The van der Waals surface area contributed by atoms with Gasteiger partial charge in [0.15, 0.2) is 0 Å². The topological polar surface area (TPSA) is 104 Å². The van der Waals surface area contributed by atoms with E-state index in [1.54, 1.807) is 30.5 Å². The van der Waals surface area contributed by atoms with Crippen LogP contribution in [0, 0.1) is 0 Å². The molecule has 0 fully saturated rings. The van der Waals surface area contributed by atoms with Gasteiger partial charge in [-0.2, -0.15) is 0 Å². The van der Waals surface area contributed by atoms with Crippen LogP contribution in [0.2, 0.25) is 0 Å². The van der Waals surface area contributed by atoms with Crippen LogP contribution in [0.15, 0.2) is 47.3 Å². The third-order valence-electron chi connectivity index (χ3n) is 2.70. The highest BCUT2D eigenvalue weighted by Crippen LogP contribution is 2.15. The number of carbonyl (C=O) groups is 2. The summed E-state index contributed by atoms with van der Waals surface area (Å²) >= 11 is 0. The smallest absolute Gasteiger partial charge is 0.313 e. The van der Waals surface area contributed by atoms with E-state index in [2.05, 4.69) is 15.6 Å². The maximum Gasteiger partial charge on any atom is 0.313 e. The van der Waals surface area contributed by atoms with Crippen molar-refractivity contribution in [3.8, 4) is 0 Å². The van der Waals surface area contributed by atoms with Crippen molar-refractivity contribution in [2.24, 2.45) is 0 Å². The summed E-state index contributed by atoms with van der Waals surface area (Å²) in [5, 5.41) is 14.6. The number of aromatic nitrogens is 1. The molecule has 0 radical (unpaired) electrons. The van der Waals surface area contributed by atoms with Gasteiger partial charge in [0, 0.05) is 12.7 Å².